The summed E-state index contributed by atoms with van der Waals surface area (Å²) >= 11 is 0. The van der Waals surface area contributed by atoms with Crippen LogP contribution in [0.3, 0.4) is 0 Å². The van der Waals surface area contributed by atoms with E-state index in [2.05, 4.69) is 0 Å². The van der Waals surface area contributed by atoms with Crippen LogP contribution < -0.4 is 0 Å². The van der Waals surface area contributed by atoms with Gasteiger partial charge in [0.05, 0.1) is 11.6 Å². The van der Waals surface area contributed by atoms with Crippen LogP contribution in [0.2, 0.25) is 0 Å². The fourth-order valence-corrected chi connectivity index (χ4v) is 2.09. The molecule has 0 radical (unpaired) electrons. The lowest BCUT2D eigenvalue weighted by Crippen LogP contribution is -2.67. The largest absolute Gasteiger partial charge is 0.390 e. The maximum Gasteiger partial charge on any atom is 0.100 e. The Kier molecular flexibility index (Phi) is 2.45. The van der Waals surface area contributed by atoms with Crippen molar-refractivity contribution < 1.29 is 15.4 Å². The molecule has 13 heavy (non-hydrogen) atoms. The van der Waals surface area contributed by atoms with Gasteiger partial charge in [0.25, 0.3) is 0 Å². The summed E-state index contributed by atoms with van der Waals surface area (Å²) in [5.74, 6) is 0. The minimum atomic E-state index is -0.912. The molecule has 0 aromatic heterocycles. The summed E-state index contributed by atoms with van der Waals surface area (Å²) in [5, 5.41) is 30.2. The van der Waals surface area contributed by atoms with Gasteiger partial charge in [-0.05, 0) is 34.1 Å². The predicted octanol–water partition coefficient (Wildman–Crippen LogP) is 0.360. The lowest BCUT2D eigenvalue weighted by atomic mass is 9.78. The first-order valence-electron chi connectivity index (χ1n) is 4.55. The molecular weight excluding hydrogens is 170 g/mol. The Morgan fingerprint density at radius 2 is 1.62 bits per heavy atom. The first-order chi connectivity index (χ1) is 5.69. The van der Waals surface area contributed by atoms with E-state index < -0.39 is 23.3 Å². The molecule has 4 nitrogen and oxygen atoms in total. The molecule has 0 saturated carbocycles. The lowest BCUT2D eigenvalue weighted by molar-refractivity contribution is -0.290. The van der Waals surface area contributed by atoms with Crippen molar-refractivity contribution in [2.75, 3.05) is 0 Å². The number of rotatable bonds is 0. The van der Waals surface area contributed by atoms with E-state index in [9.17, 15) is 15.4 Å². The molecule has 2 unspecified atom stereocenters. The molecule has 0 bridgehead atoms. The fraction of sp³-hybridized carbons (Fsp3) is 1.00. The van der Waals surface area contributed by atoms with Gasteiger partial charge >= 0.3 is 0 Å². The van der Waals surface area contributed by atoms with Crippen molar-refractivity contribution in [3.63, 3.8) is 0 Å². The van der Waals surface area contributed by atoms with Crippen LogP contribution >= 0.6 is 0 Å². The van der Waals surface area contributed by atoms with Gasteiger partial charge in [0.2, 0.25) is 0 Å². The molecule has 3 N–H and O–H groups in total. The number of piperidine rings is 1. The summed E-state index contributed by atoms with van der Waals surface area (Å²) < 4.78 is 0. The van der Waals surface area contributed by atoms with Gasteiger partial charge in [0, 0.05) is 5.54 Å². The highest BCUT2D eigenvalue weighted by Crippen LogP contribution is 2.36. The van der Waals surface area contributed by atoms with Crippen LogP contribution in [0.25, 0.3) is 0 Å². The Morgan fingerprint density at radius 3 is 2.08 bits per heavy atom. The Balaban J connectivity index is 2.96. The van der Waals surface area contributed by atoms with Crippen molar-refractivity contribution in [3.05, 3.63) is 0 Å². The summed E-state index contributed by atoms with van der Waals surface area (Å²) in [7, 11) is 0. The van der Waals surface area contributed by atoms with Crippen LogP contribution in [0.1, 0.15) is 34.1 Å². The smallest absolute Gasteiger partial charge is 0.100 e. The van der Waals surface area contributed by atoms with Gasteiger partial charge in [-0.15, -0.1) is 0 Å². The van der Waals surface area contributed by atoms with Gasteiger partial charge in [0.15, 0.2) is 0 Å². The zero-order valence-corrected chi connectivity index (χ0v) is 8.65. The second kappa shape index (κ2) is 2.92. The zero-order valence-electron chi connectivity index (χ0n) is 8.65. The Bertz CT molecular complexity index is 203. The van der Waals surface area contributed by atoms with Crippen LogP contribution in [0, 0.1) is 0 Å². The molecule has 1 fully saturated rings. The van der Waals surface area contributed by atoms with Gasteiger partial charge < -0.3 is 15.4 Å². The molecular formula is C9H19NO3. The monoisotopic (exact) mass is 189 g/mol. The SMILES string of the molecule is CC1(C)CC(O)C(O)C(C)(C)N1O. The number of hydroxylamine groups is 2. The molecule has 0 spiro atoms. The van der Waals surface area contributed by atoms with Crippen molar-refractivity contribution in [1.82, 2.24) is 5.06 Å². The molecule has 1 aliphatic heterocycles. The van der Waals surface area contributed by atoms with Crippen LogP contribution in [0.4, 0.5) is 0 Å². The molecule has 2 atom stereocenters. The summed E-state index contributed by atoms with van der Waals surface area (Å²) in [6, 6.07) is 0. The highest BCUT2D eigenvalue weighted by Gasteiger charge is 2.50. The first-order valence-corrected chi connectivity index (χ1v) is 4.55. The Morgan fingerprint density at radius 1 is 1.15 bits per heavy atom. The third kappa shape index (κ3) is 1.59. The molecule has 1 aliphatic rings. The number of nitrogens with zero attached hydrogens (tertiary/aromatic N) is 1. The molecule has 0 aromatic carbocycles. The van der Waals surface area contributed by atoms with Crippen molar-refractivity contribution in [1.29, 1.82) is 0 Å². The predicted molar refractivity (Wildman–Crippen MR) is 48.4 cm³/mol. The van der Waals surface area contributed by atoms with E-state index in [1.165, 1.54) is 0 Å². The number of hydrogen-bond donors (Lipinski definition) is 3. The van der Waals surface area contributed by atoms with E-state index in [1.54, 1.807) is 13.8 Å². The molecule has 0 amide bonds. The Labute approximate surface area is 78.7 Å². The van der Waals surface area contributed by atoms with E-state index in [1.807, 2.05) is 13.8 Å². The van der Waals surface area contributed by atoms with Crippen LogP contribution in [0.5, 0.6) is 0 Å². The van der Waals surface area contributed by atoms with Crippen molar-refractivity contribution in [3.8, 4) is 0 Å². The second-order valence-corrected chi connectivity index (χ2v) is 4.99. The first kappa shape index (κ1) is 10.9. The van der Waals surface area contributed by atoms with E-state index >= 15 is 0 Å². The van der Waals surface area contributed by atoms with Crippen molar-refractivity contribution in [2.45, 2.75) is 57.4 Å². The molecule has 0 aromatic rings. The van der Waals surface area contributed by atoms with Gasteiger partial charge in [-0.25, -0.2) is 0 Å². The summed E-state index contributed by atoms with van der Waals surface area (Å²) in [6.45, 7) is 7.09. The number of hydrogen-bond acceptors (Lipinski definition) is 4. The van der Waals surface area contributed by atoms with Crippen LogP contribution in [-0.4, -0.2) is 43.8 Å². The topological polar surface area (TPSA) is 63.9 Å². The van der Waals surface area contributed by atoms with Gasteiger partial charge in [-0.3, -0.25) is 0 Å². The van der Waals surface area contributed by atoms with Gasteiger partial charge in [0.1, 0.15) is 6.10 Å². The highest BCUT2D eigenvalue weighted by atomic mass is 16.5. The third-order valence-corrected chi connectivity index (χ3v) is 2.92. The summed E-state index contributed by atoms with van der Waals surface area (Å²) in [4.78, 5) is 0. The number of aliphatic hydroxyl groups excluding tert-OH is 2. The number of aliphatic hydroxyl groups is 2. The highest BCUT2D eigenvalue weighted by molar-refractivity contribution is 5.01. The molecule has 1 rings (SSSR count). The second-order valence-electron chi connectivity index (χ2n) is 4.99. The molecule has 1 heterocycles. The lowest BCUT2D eigenvalue weighted by Gasteiger charge is -2.52. The summed E-state index contributed by atoms with van der Waals surface area (Å²) in [5.41, 5.74) is -1.30. The molecule has 0 aliphatic carbocycles. The average molecular weight is 189 g/mol. The maximum absolute atomic E-state index is 9.82. The van der Waals surface area contributed by atoms with E-state index in [4.69, 9.17) is 0 Å². The zero-order chi connectivity index (χ0) is 10.4. The summed E-state index contributed by atoms with van der Waals surface area (Å²) in [6.07, 6.45) is -1.31. The fourth-order valence-electron chi connectivity index (χ4n) is 2.09. The minimum absolute atomic E-state index is 0.369. The molecule has 4 heteroatoms. The van der Waals surface area contributed by atoms with Crippen molar-refractivity contribution >= 4 is 0 Å². The van der Waals surface area contributed by atoms with Crippen LogP contribution in [-0.2, 0) is 0 Å². The third-order valence-electron chi connectivity index (χ3n) is 2.92. The standard InChI is InChI=1S/C9H19NO3/c1-8(2)5-6(11)7(12)9(3,4)10(8)13/h6-7,11-13H,5H2,1-4H3. The minimum Gasteiger partial charge on any atom is -0.390 e. The van der Waals surface area contributed by atoms with E-state index in [0.717, 1.165) is 5.06 Å². The van der Waals surface area contributed by atoms with Crippen molar-refractivity contribution in [2.24, 2.45) is 0 Å². The Hall–Kier alpha value is -0.160. The van der Waals surface area contributed by atoms with Gasteiger partial charge in [-0.1, -0.05) is 0 Å². The quantitative estimate of drug-likeness (QED) is 0.515. The normalized spacial score (nSPS) is 39.0. The molecule has 78 valence electrons. The van der Waals surface area contributed by atoms with Crippen LogP contribution in [0.15, 0.2) is 0 Å². The molecule has 1 saturated heterocycles. The van der Waals surface area contributed by atoms with Gasteiger partial charge in [-0.2, -0.15) is 5.06 Å². The van der Waals surface area contributed by atoms with E-state index in [0.29, 0.717) is 6.42 Å². The maximum atomic E-state index is 9.82. The average Bonchev–Trinajstić information content (AvgIpc) is 1.98. The van der Waals surface area contributed by atoms with E-state index in [-0.39, 0.29) is 0 Å².